The van der Waals surface area contributed by atoms with Gasteiger partial charge in [0.15, 0.2) is 5.78 Å². The monoisotopic (exact) mass is 851 g/mol. The van der Waals surface area contributed by atoms with Gasteiger partial charge < -0.3 is 24.6 Å². The van der Waals surface area contributed by atoms with E-state index in [0.29, 0.717) is 29.9 Å². The van der Waals surface area contributed by atoms with Crippen LogP contribution in [0.15, 0.2) is 152 Å². The van der Waals surface area contributed by atoms with Crippen LogP contribution in [0.4, 0.5) is 0 Å². The molecule has 6 atom stereocenters. The number of benzene rings is 5. The van der Waals surface area contributed by atoms with Gasteiger partial charge in [0, 0.05) is 25.3 Å². The molecule has 1 fully saturated rings. The van der Waals surface area contributed by atoms with E-state index in [4.69, 9.17) is 14.2 Å². The van der Waals surface area contributed by atoms with Gasteiger partial charge in [0.1, 0.15) is 24.9 Å². The lowest BCUT2D eigenvalue weighted by molar-refractivity contribution is -0.161. The highest BCUT2D eigenvalue weighted by molar-refractivity contribution is 5.86. The molecule has 0 radical (unpaired) electrons. The number of Topliss-reactive ketones (excluding diaryl/α,β-unsaturated/α-hetero) is 1. The standard InChI is InChI=1S/C54H61NO8/c1-4-53(3,37-43(41-22-12-6-13-23-41)34-39(2)40-20-10-5-11-21-40)52(59)62-33-32-61-50(57)30-31-51(58)63-46-35-48(55-38-46)49(56)36-47(42-24-14-7-15-25-42)54(60,44-26-16-8-17-27-44)45-28-18-9-19-29-45/h5-29,39,43,46-48,55,60H,4,30-38H2,1-3H3/t39?,43?,46-,47+,48+,53?/m1/s1. The third kappa shape index (κ3) is 12.4. The van der Waals surface area contributed by atoms with Crippen molar-refractivity contribution < 1.29 is 38.5 Å². The number of rotatable bonds is 22. The summed E-state index contributed by atoms with van der Waals surface area (Å²) in [7, 11) is 0. The summed E-state index contributed by atoms with van der Waals surface area (Å²) < 4.78 is 16.7. The molecule has 0 amide bonds. The molecule has 0 aliphatic carbocycles. The summed E-state index contributed by atoms with van der Waals surface area (Å²) in [5.41, 5.74) is 2.36. The quantitative estimate of drug-likeness (QED) is 0.0398. The van der Waals surface area contributed by atoms with Gasteiger partial charge in [0.2, 0.25) is 0 Å². The van der Waals surface area contributed by atoms with E-state index in [1.165, 1.54) is 11.1 Å². The maximum Gasteiger partial charge on any atom is 0.311 e. The zero-order valence-electron chi connectivity index (χ0n) is 36.7. The number of ketones is 1. The highest BCUT2D eigenvalue weighted by Crippen LogP contribution is 2.45. The fourth-order valence-corrected chi connectivity index (χ4v) is 8.84. The molecule has 0 aromatic heterocycles. The molecule has 0 bridgehead atoms. The van der Waals surface area contributed by atoms with Crippen molar-refractivity contribution in [1.82, 2.24) is 5.32 Å². The van der Waals surface area contributed by atoms with Gasteiger partial charge in [-0.1, -0.05) is 166 Å². The molecule has 1 heterocycles. The van der Waals surface area contributed by atoms with Crippen molar-refractivity contribution in [3.63, 3.8) is 0 Å². The van der Waals surface area contributed by atoms with Crippen LogP contribution in [-0.4, -0.2) is 60.7 Å². The second kappa shape index (κ2) is 22.5. The number of carbonyl (C=O) groups excluding carboxylic acids is 4. The molecule has 5 aromatic rings. The van der Waals surface area contributed by atoms with E-state index in [1.54, 1.807) is 0 Å². The van der Waals surface area contributed by atoms with Gasteiger partial charge in [-0.3, -0.25) is 19.2 Å². The van der Waals surface area contributed by atoms with Crippen molar-refractivity contribution in [3.05, 3.63) is 179 Å². The van der Waals surface area contributed by atoms with Gasteiger partial charge in [-0.25, -0.2) is 0 Å². The molecule has 1 aliphatic rings. The minimum Gasteiger partial charge on any atom is -0.462 e. The van der Waals surface area contributed by atoms with E-state index in [2.05, 4.69) is 36.5 Å². The van der Waals surface area contributed by atoms with Crippen LogP contribution in [0, 0.1) is 5.41 Å². The maximum atomic E-state index is 14.0. The zero-order valence-corrected chi connectivity index (χ0v) is 36.7. The Bertz CT molecular complexity index is 2160. The van der Waals surface area contributed by atoms with Crippen LogP contribution in [0.25, 0.3) is 0 Å². The molecule has 0 saturated carbocycles. The molecule has 2 N–H and O–H groups in total. The zero-order chi connectivity index (χ0) is 44.7. The summed E-state index contributed by atoms with van der Waals surface area (Å²) in [6, 6.07) is 48.4. The molecular formula is C54H61NO8. The Morgan fingerprint density at radius 2 is 1.17 bits per heavy atom. The summed E-state index contributed by atoms with van der Waals surface area (Å²) in [5.74, 6) is -1.81. The summed E-state index contributed by atoms with van der Waals surface area (Å²) in [5, 5.41) is 15.9. The number of ether oxygens (including phenoxy) is 3. The third-order valence-electron chi connectivity index (χ3n) is 12.7. The van der Waals surface area contributed by atoms with Gasteiger partial charge in [0.25, 0.3) is 0 Å². The number of esters is 3. The Kier molecular flexibility index (Phi) is 16.6. The Balaban J connectivity index is 0.957. The molecule has 3 unspecified atom stereocenters. The SMILES string of the molecule is CCC(C)(CC(CC(C)c1ccccc1)c1ccccc1)C(=O)OCCOC(=O)CCC(=O)O[C@H]1CN[C@H](C(=O)C[C@@H](c2ccccc2)C(O)(c2ccccc2)c2ccccc2)C1. The predicted molar refractivity (Wildman–Crippen MR) is 244 cm³/mol. The van der Waals surface area contributed by atoms with Gasteiger partial charge in [-0.15, -0.1) is 0 Å². The van der Waals surface area contributed by atoms with Crippen LogP contribution >= 0.6 is 0 Å². The number of hydrogen-bond donors (Lipinski definition) is 2. The van der Waals surface area contributed by atoms with Crippen molar-refractivity contribution in [2.24, 2.45) is 5.41 Å². The third-order valence-corrected chi connectivity index (χ3v) is 12.7. The average molecular weight is 852 g/mol. The molecule has 0 spiro atoms. The van der Waals surface area contributed by atoms with E-state index in [0.717, 1.165) is 12.0 Å². The van der Waals surface area contributed by atoms with E-state index in [1.807, 2.05) is 141 Å². The molecule has 63 heavy (non-hydrogen) atoms. The molecule has 5 aromatic carbocycles. The number of aliphatic hydroxyl groups is 1. The van der Waals surface area contributed by atoms with Crippen LogP contribution in [0.3, 0.4) is 0 Å². The molecule has 9 nitrogen and oxygen atoms in total. The van der Waals surface area contributed by atoms with Crippen molar-refractivity contribution in [3.8, 4) is 0 Å². The largest absolute Gasteiger partial charge is 0.462 e. The Morgan fingerprint density at radius 1 is 0.683 bits per heavy atom. The number of nitrogens with one attached hydrogen (secondary N) is 1. The molecule has 1 saturated heterocycles. The molecule has 1 aliphatic heterocycles. The van der Waals surface area contributed by atoms with E-state index >= 15 is 0 Å². The summed E-state index contributed by atoms with van der Waals surface area (Å²) in [6.45, 7) is 6.20. The minimum absolute atomic E-state index is 0.0315. The van der Waals surface area contributed by atoms with Crippen molar-refractivity contribution >= 4 is 23.7 Å². The molecule has 6 rings (SSSR count). The summed E-state index contributed by atoms with van der Waals surface area (Å²) in [6.07, 6.45) is 1.42. The van der Waals surface area contributed by atoms with E-state index in [9.17, 15) is 24.3 Å². The van der Waals surface area contributed by atoms with Crippen molar-refractivity contribution in [2.45, 2.75) is 101 Å². The van der Waals surface area contributed by atoms with Crippen molar-refractivity contribution in [1.29, 1.82) is 0 Å². The Hall–Kier alpha value is -5.90. The first-order valence-electron chi connectivity index (χ1n) is 22.3. The smallest absolute Gasteiger partial charge is 0.311 e. The predicted octanol–water partition coefficient (Wildman–Crippen LogP) is 9.59. The van der Waals surface area contributed by atoms with Gasteiger partial charge >= 0.3 is 17.9 Å². The normalized spacial score (nSPS) is 17.4. The average Bonchev–Trinajstić information content (AvgIpc) is 3.80. The first-order chi connectivity index (χ1) is 30.5. The second-order valence-electron chi connectivity index (χ2n) is 17.1. The van der Waals surface area contributed by atoms with Crippen LogP contribution in [0.1, 0.15) is 111 Å². The number of hydrogen-bond acceptors (Lipinski definition) is 9. The Morgan fingerprint density at radius 3 is 1.73 bits per heavy atom. The fraction of sp³-hybridized carbons (Fsp3) is 0.370. The van der Waals surface area contributed by atoms with E-state index in [-0.39, 0.29) is 63.1 Å². The first-order valence-corrected chi connectivity index (χ1v) is 22.3. The highest BCUT2D eigenvalue weighted by Gasteiger charge is 2.44. The lowest BCUT2D eigenvalue weighted by atomic mass is 9.70. The number of carbonyl (C=O) groups is 4. The lowest BCUT2D eigenvalue weighted by Gasteiger charge is -2.38. The molecular weight excluding hydrogens is 791 g/mol. The van der Waals surface area contributed by atoms with Crippen LogP contribution in [0.2, 0.25) is 0 Å². The lowest BCUT2D eigenvalue weighted by Crippen LogP contribution is -2.39. The summed E-state index contributed by atoms with van der Waals surface area (Å²) in [4.78, 5) is 53.0. The molecule has 9 heteroatoms. The second-order valence-corrected chi connectivity index (χ2v) is 17.1. The van der Waals surface area contributed by atoms with Crippen molar-refractivity contribution in [2.75, 3.05) is 19.8 Å². The van der Waals surface area contributed by atoms with Gasteiger partial charge in [-0.05, 0) is 65.8 Å². The highest BCUT2D eigenvalue weighted by atomic mass is 16.6. The first kappa shape index (κ1) is 46.6. The van der Waals surface area contributed by atoms with E-state index < -0.39 is 41.0 Å². The van der Waals surface area contributed by atoms with Gasteiger partial charge in [0.05, 0.1) is 24.3 Å². The van der Waals surface area contributed by atoms with Gasteiger partial charge in [-0.2, -0.15) is 0 Å². The fourth-order valence-electron chi connectivity index (χ4n) is 8.84. The van der Waals surface area contributed by atoms with Crippen LogP contribution in [-0.2, 0) is 39.0 Å². The topological polar surface area (TPSA) is 128 Å². The van der Waals surface area contributed by atoms with Crippen LogP contribution in [0.5, 0.6) is 0 Å². The Labute approximate surface area is 372 Å². The minimum atomic E-state index is -1.51. The summed E-state index contributed by atoms with van der Waals surface area (Å²) >= 11 is 0. The van der Waals surface area contributed by atoms with Crippen LogP contribution < -0.4 is 5.32 Å². The molecule has 330 valence electrons. The maximum absolute atomic E-state index is 14.0.